The number of benzene rings is 1. The molecular formula is C32H49N3. The zero-order valence-electron chi connectivity index (χ0n) is 22.5. The highest BCUT2D eigenvalue weighted by molar-refractivity contribution is 5.38. The van der Waals surface area contributed by atoms with E-state index in [2.05, 4.69) is 53.4 Å². The van der Waals surface area contributed by atoms with Gasteiger partial charge in [-0.2, -0.15) is 0 Å². The molecule has 1 aromatic carbocycles. The first-order valence-corrected chi connectivity index (χ1v) is 14.6. The summed E-state index contributed by atoms with van der Waals surface area (Å²) >= 11 is 0. The summed E-state index contributed by atoms with van der Waals surface area (Å²) in [5.41, 5.74) is 6.43. The minimum atomic E-state index is 0.352. The molecule has 2 saturated carbocycles. The quantitative estimate of drug-likeness (QED) is 0.388. The predicted molar refractivity (Wildman–Crippen MR) is 148 cm³/mol. The smallest absolute Gasteiger partial charge is 0.0501 e. The van der Waals surface area contributed by atoms with Crippen LogP contribution in [0, 0.1) is 11.3 Å². The molecule has 35 heavy (non-hydrogen) atoms. The molecule has 3 heteroatoms. The third kappa shape index (κ3) is 5.14. The van der Waals surface area contributed by atoms with Crippen LogP contribution in [0.15, 0.2) is 43.1 Å². The van der Waals surface area contributed by atoms with Gasteiger partial charge in [-0.25, -0.2) is 0 Å². The van der Waals surface area contributed by atoms with E-state index < -0.39 is 0 Å². The van der Waals surface area contributed by atoms with Crippen molar-refractivity contribution in [2.45, 2.75) is 109 Å². The van der Waals surface area contributed by atoms with Gasteiger partial charge >= 0.3 is 0 Å². The summed E-state index contributed by atoms with van der Waals surface area (Å²) < 4.78 is 0. The largest absolute Gasteiger partial charge is 0.391 e. The van der Waals surface area contributed by atoms with E-state index >= 15 is 0 Å². The third-order valence-electron chi connectivity index (χ3n) is 10.2. The zero-order valence-corrected chi connectivity index (χ0v) is 22.5. The lowest BCUT2D eigenvalue weighted by Gasteiger charge is -2.36. The number of nitrogens with zero attached hydrogens (tertiary/aromatic N) is 2. The molecular weight excluding hydrogens is 426 g/mol. The number of hydrogen-bond acceptors (Lipinski definition) is 3. The molecule has 1 saturated heterocycles. The van der Waals surface area contributed by atoms with E-state index in [-0.39, 0.29) is 0 Å². The molecule has 0 aromatic heterocycles. The molecule has 4 atom stereocenters. The van der Waals surface area contributed by atoms with E-state index in [1.165, 1.54) is 82.9 Å². The molecule has 1 N–H and O–H groups in total. The van der Waals surface area contributed by atoms with E-state index in [0.717, 1.165) is 37.0 Å². The van der Waals surface area contributed by atoms with Crippen molar-refractivity contribution in [3.63, 3.8) is 0 Å². The van der Waals surface area contributed by atoms with Crippen LogP contribution in [0.3, 0.4) is 0 Å². The van der Waals surface area contributed by atoms with Gasteiger partial charge in [0.2, 0.25) is 0 Å². The second kappa shape index (κ2) is 10.8. The average Bonchev–Trinajstić information content (AvgIpc) is 3.58. The van der Waals surface area contributed by atoms with Gasteiger partial charge < -0.3 is 5.32 Å². The second-order valence-electron chi connectivity index (χ2n) is 12.3. The lowest BCUT2D eigenvalue weighted by Crippen LogP contribution is -2.39. The van der Waals surface area contributed by atoms with Crippen molar-refractivity contribution in [2.75, 3.05) is 20.1 Å². The first-order valence-electron chi connectivity index (χ1n) is 14.6. The first kappa shape index (κ1) is 25.1. The topological polar surface area (TPSA) is 18.5 Å². The van der Waals surface area contributed by atoms with Gasteiger partial charge in [-0.05, 0) is 92.9 Å². The number of rotatable bonds is 9. The molecule has 2 heterocycles. The highest BCUT2D eigenvalue weighted by atomic mass is 15.2. The van der Waals surface area contributed by atoms with Crippen LogP contribution in [0.25, 0.3) is 0 Å². The molecule has 0 radical (unpaired) electrons. The molecule has 3 fully saturated rings. The van der Waals surface area contributed by atoms with Crippen LogP contribution in [-0.4, -0.2) is 42.0 Å². The molecule has 0 amide bonds. The highest BCUT2D eigenvalue weighted by Crippen LogP contribution is 2.47. The average molecular weight is 476 g/mol. The van der Waals surface area contributed by atoms with Gasteiger partial charge in [0.15, 0.2) is 0 Å². The van der Waals surface area contributed by atoms with Crippen molar-refractivity contribution in [3.8, 4) is 0 Å². The zero-order chi connectivity index (χ0) is 24.4. The Labute approximate surface area is 215 Å². The summed E-state index contributed by atoms with van der Waals surface area (Å²) in [6.45, 7) is 14.5. The maximum atomic E-state index is 4.34. The Hall–Kier alpha value is -1.58. The third-order valence-corrected chi connectivity index (χ3v) is 10.2. The standard InChI is InChI=1S/C32H49N3/c1-5-6-12-30(24(2)33-4)35-22-28-21-26(14-15-29(28)25(35)3)20-27-11-10-13-31(27)34-19-18-32(23-34)16-8-7-9-17-32/h5,14-15,21,25,27,30-31,33H,1-2,6-13,16-20,22-23H2,3-4H3. The van der Waals surface area contributed by atoms with Gasteiger partial charge in [0.05, 0.1) is 6.04 Å². The van der Waals surface area contributed by atoms with Crippen LogP contribution in [0.1, 0.15) is 100 Å². The van der Waals surface area contributed by atoms with Crippen molar-refractivity contribution < 1.29 is 0 Å². The Morgan fingerprint density at radius 1 is 1.17 bits per heavy atom. The van der Waals surface area contributed by atoms with Crippen molar-refractivity contribution in [1.82, 2.24) is 15.1 Å². The van der Waals surface area contributed by atoms with E-state index in [1.807, 2.05) is 13.1 Å². The monoisotopic (exact) mass is 475 g/mol. The van der Waals surface area contributed by atoms with Crippen LogP contribution >= 0.6 is 0 Å². The lowest BCUT2D eigenvalue weighted by atomic mass is 9.73. The Balaban J connectivity index is 1.25. The molecule has 1 aromatic rings. The predicted octanol–water partition coefficient (Wildman–Crippen LogP) is 7.00. The van der Waals surface area contributed by atoms with Gasteiger partial charge in [0.25, 0.3) is 0 Å². The van der Waals surface area contributed by atoms with Crippen LogP contribution in [0.2, 0.25) is 0 Å². The molecule has 2 aliphatic heterocycles. The summed E-state index contributed by atoms with van der Waals surface area (Å²) in [6, 6.07) is 9.06. The molecule has 192 valence electrons. The van der Waals surface area contributed by atoms with Gasteiger partial charge in [-0.1, -0.05) is 56.5 Å². The van der Waals surface area contributed by atoms with Gasteiger partial charge in [0, 0.05) is 37.9 Å². The van der Waals surface area contributed by atoms with Gasteiger partial charge in [-0.3, -0.25) is 9.80 Å². The number of hydrogen-bond donors (Lipinski definition) is 1. The van der Waals surface area contributed by atoms with Crippen molar-refractivity contribution >= 4 is 0 Å². The van der Waals surface area contributed by atoms with Crippen molar-refractivity contribution in [1.29, 1.82) is 0 Å². The fourth-order valence-corrected chi connectivity index (χ4v) is 8.21. The van der Waals surface area contributed by atoms with Crippen molar-refractivity contribution in [3.05, 3.63) is 59.8 Å². The Kier molecular flexibility index (Phi) is 7.75. The maximum Gasteiger partial charge on any atom is 0.0501 e. The SMILES string of the molecule is C=CCCC(C(=C)NC)N1Cc2cc(CC3CCCC3N3CCC4(CCCCC4)C3)ccc2C1C. The molecule has 4 aliphatic rings. The van der Waals surface area contributed by atoms with Crippen LogP contribution < -0.4 is 5.32 Å². The number of fused-ring (bicyclic) bond motifs is 1. The summed E-state index contributed by atoms with van der Waals surface area (Å²) in [7, 11) is 2.00. The fraction of sp³-hybridized carbons (Fsp3) is 0.688. The van der Waals surface area contributed by atoms with Crippen LogP contribution in [-0.2, 0) is 13.0 Å². The normalized spacial score (nSPS) is 29.4. The fourth-order valence-electron chi connectivity index (χ4n) is 8.21. The minimum absolute atomic E-state index is 0.352. The number of likely N-dealkylation sites (N-methyl/N-ethyl adjacent to an activating group) is 1. The molecule has 5 rings (SSSR count). The first-order chi connectivity index (χ1) is 17.0. The molecule has 2 aliphatic carbocycles. The maximum absolute atomic E-state index is 4.34. The van der Waals surface area contributed by atoms with Crippen LogP contribution in [0.5, 0.6) is 0 Å². The number of allylic oxidation sites excluding steroid dienone is 1. The summed E-state index contributed by atoms with van der Waals surface area (Å²) in [4.78, 5) is 5.58. The van der Waals surface area contributed by atoms with E-state index in [9.17, 15) is 0 Å². The van der Waals surface area contributed by atoms with Gasteiger partial charge in [-0.15, -0.1) is 6.58 Å². The lowest BCUT2D eigenvalue weighted by molar-refractivity contribution is 0.142. The summed E-state index contributed by atoms with van der Waals surface area (Å²) in [6.07, 6.45) is 18.5. The van der Waals surface area contributed by atoms with E-state index in [0.29, 0.717) is 17.5 Å². The Bertz CT molecular complexity index is 898. The van der Waals surface area contributed by atoms with Gasteiger partial charge in [0.1, 0.15) is 0 Å². The molecule has 1 spiro atoms. The summed E-state index contributed by atoms with van der Waals surface area (Å²) in [5.74, 6) is 0.839. The van der Waals surface area contributed by atoms with E-state index in [4.69, 9.17) is 0 Å². The number of nitrogens with one attached hydrogen (secondary N) is 1. The molecule has 4 unspecified atom stereocenters. The number of likely N-dealkylation sites (tertiary alicyclic amines) is 1. The molecule has 0 bridgehead atoms. The van der Waals surface area contributed by atoms with Crippen LogP contribution in [0.4, 0.5) is 0 Å². The minimum Gasteiger partial charge on any atom is -0.391 e. The van der Waals surface area contributed by atoms with Crippen molar-refractivity contribution in [2.24, 2.45) is 11.3 Å². The summed E-state index contributed by atoms with van der Waals surface area (Å²) in [5, 5.41) is 3.34. The highest BCUT2D eigenvalue weighted by Gasteiger charge is 2.43. The molecule has 3 nitrogen and oxygen atoms in total. The van der Waals surface area contributed by atoms with E-state index in [1.54, 1.807) is 11.1 Å². The Morgan fingerprint density at radius 3 is 2.77 bits per heavy atom. The Morgan fingerprint density at radius 2 is 2.00 bits per heavy atom. The second-order valence-corrected chi connectivity index (χ2v) is 12.3.